The number of benzene rings is 3. The number of hydrogen-bond donors (Lipinski definition) is 1. The third-order valence-corrected chi connectivity index (χ3v) is 6.52. The summed E-state index contributed by atoms with van der Waals surface area (Å²) in [4.78, 5) is 23.5. The highest BCUT2D eigenvalue weighted by atomic mass is 32.1. The van der Waals surface area contributed by atoms with E-state index in [1.54, 1.807) is 18.4 Å². The standard InChI is InChI=1S/C29H28F3N3O3S/c1-2-38-34-28(36)26-20-39-27(33-26)18-35(17-23-9-6-10-24(15-23)29(30,31)32)16-21-11-13-25(14-12-21)37-19-22-7-4-3-5-8-22/h3-15,20H,2,16-19H2,1H3,(H,34,36). The Bertz CT molecular complexity index is 1350. The SMILES string of the molecule is CCONC(=O)c1csc(CN(Cc2ccc(OCc3ccccc3)cc2)Cc2cccc(C(F)(F)F)c2)n1. The van der Waals surface area contributed by atoms with Crippen LogP contribution in [0.4, 0.5) is 13.2 Å². The number of aromatic nitrogens is 1. The van der Waals surface area contributed by atoms with Gasteiger partial charge in [0.25, 0.3) is 5.91 Å². The molecule has 1 amide bonds. The number of nitrogens with zero attached hydrogens (tertiary/aromatic N) is 2. The number of carbonyl (C=O) groups excluding carboxylic acids is 1. The Kier molecular flexibility index (Phi) is 9.69. The van der Waals surface area contributed by atoms with Gasteiger partial charge >= 0.3 is 6.18 Å². The normalized spacial score (nSPS) is 11.5. The summed E-state index contributed by atoms with van der Waals surface area (Å²) in [6, 6.07) is 22.8. The molecular weight excluding hydrogens is 527 g/mol. The predicted molar refractivity (Wildman–Crippen MR) is 143 cm³/mol. The molecule has 4 aromatic rings. The van der Waals surface area contributed by atoms with E-state index in [0.29, 0.717) is 36.9 Å². The Morgan fingerprint density at radius 1 is 0.923 bits per heavy atom. The Balaban J connectivity index is 1.47. The number of hydroxylamine groups is 1. The molecule has 0 saturated heterocycles. The van der Waals surface area contributed by atoms with Crippen molar-refractivity contribution in [3.05, 3.63) is 117 Å². The van der Waals surface area contributed by atoms with E-state index in [2.05, 4.69) is 10.5 Å². The summed E-state index contributed by atoms with van der Waals surface area (Å²) < 4.78 is 45.7. The monoisotopic (exact) mass is 555 g/mol. The van der Waals surface area contributed by atoms with Crippen molar-refractivity contribution in [2.45, 2.75) is 39.3 Å². The van der Waals surface area contributed by atoms with Crippen LogP contribution in [0.2, 0.25) is 0 Å². The van der Waals surface area contributed by atoms with Crippen molar-refractivity contribution in [1.82, 2.24) is 15.4 Å². The summed E-state index contributed by atoms with van der Waals surface area (Å²) in [5, 5.41) is 2.29. The highest BCUT2D eigenvalue weighted by Gasteiger charge is 2.30. The van der Waals surface area contributed by atoms with Crippen LogP contribution in [-0.2, 0) is 37.3 Å². The minimum absolute atomic E-state index is 0.224. The molecule has 0 bridgehead atoms. The summed E-state index contributed by atoms with van der Waals surface area (Å²) in [6.07, 6.45) is -4.42. The number of nitrogens with one attached hydrogen (secondary N) is 1. The van der Waals surface area contributed by atoms with E-state index in [0.717, 1.165) is 29.0 Å². The summed E-state index contributed by atoms with van der Waals surface area (Å²) in [7, 11) is 0. The van der Waals surface area contributed by atoms with Crippen molar-refractivity contribution >= 4 is 17.2 Å². The van der Waals surface area contributed by atoms with E-state index in [1.807, 2.05) is 59.5 Å². The molecule has 10 heteroatoms. The largest absolute Gasteiger partial charge is 0.489 e. The molecule has 0 spiro atoms. The number of thiazole rings is 1. The zero-order valence-electron chi connectivity index (χ0n) is 21.3. The molecule has 0 fully saturated rings. The Hall–Kier alpha value is -3.73. The van der Waals surface area contributed by atoms with Gasteiger partial charge in [-0.15, -0.1) is 11.3 Å². The number of carbonyl (C=O) groups is 1. The van der Waals surface area contributed by atoms with Gasteiger partial charge in [-0.1, -0.05) is 60.7 Å². The van der Waals surface area contributed by atoms with Gasteiger partial charge in [-0.05, 0) is 41.8 Å². The van der Waals surface area contributed by atoms with Crippen molar-refractivity contribution < 1.29 is 27.5 Å². The van der Waals surface area contributed by atoms with Crippen LogP contribution >= 0.6 is 11.3 Å². The van der Waals surface area contributed by atoms with Gasteiger partial charge < -0.3 is 4.74 Å². The van der Waals surface area contributed by atoms with Gasteiger partial charge in [0, 0.05) is 18.5 Å². The van der Waals surface area contributed by atoms with E-state index >= 15 is 0 Å². The topological polar surface area (TPSA) is 63.7 Å². The van der Waals surface area contributed by atoms with Crippen LogP contribution in [0.1, 0.15) is 44.7 Å². The van der Waals surface area contributed by atoms with Gasteiger partial charge in [-0.3, -0.25) is 14.5 Å². The summed E-state index contributed by atoms with van der Waals surface area (Å²) in [6.45, 7) is 3.58. The molecule has 39 heavy (non-hydrogen) atoms. The van der Waals surface area contributed by atoms with Crippen molar-refractivity contribution in [2.24, 2.45) is 0 Å². The molecule has 1 heterocycles. The van der Waals surface area contributed by atoms with Crippen LogP contribution in [0.3, 0.4) is 0 Å². The first-order valence-electron chi connectivity index (χ1n) is 12.3. The van der Waals surface area contributed by atoms with Crippen LogP contribution in [0.25, 0.3) is 0 Å². The molecule has 0 atom stereocenters. The van der Waals surface area contributed by atoms with E-state index < -0.39 is 17.6 Å². The second kappa shape index (κ2) is 13.4. The molecule has 0 aliphatic carbocycles. The minimum Gasteiger partial charge on any atom is -0.489 e. The molecular formula is C29H28F3N3O3S. The third kappa shape index (κ3) is 8.64. The zero-order valence-corrected chi connectivity index (χ0v) is 22.1. The molecule has 4 rings (SSSR count). The first-order chi connectivity index (χ1) is 18.8. The van der Waals surface area contributed by atoms with E-state index in [1.165, 1.54) is 17.4 Å². The second-order valence-electron chi connectivity index (χ2n) is 8.75. The van der Waals surface area contributed by atoms with Crippen molar-refractivity contribution in [2.75, 3.05) is 6.61 Å². The van der Waals surface area contributed by atoms with Crippen molar-refractivity contribution in [1.29, 1.82) is 0 Å². The number of halogens is 3. The summed E-state index contributed by atoms with van der Waals surface area (Å²) >= 11 is 1.31. The maximum absolute atomic E-state index is 13.3. The van der Waals surface area contributed by atoms with Crippen LogP contribution in [-0.4, -0.2) is 22.4 Å². The van der Waals surface area contributed by atoms with Gasteiger partial charge in [0.15, 0.2) is 0 Å². The molecule has 204 valence electrons. The molecule has 0 aliphatic heterocycles. The van der Waals surface area contributed by atoms with Gasteiger partial charge in [0.2, 0.25) is 0 Å². The Morgan fingerprint density at radius 3 is 2.36 bits per heavy atom. The summed E-state index contributed by atoms with van der Waals surface area (Å²) in [5.74, 6) is 0.270. The number of alkyl halides is 3. The lowest BCUT2D eigenvalue weighted by Gasteiger charge is -2.22. The molecule has 3 aromatic carbocycles. The predicted octanol–water partition coefficient (Wildman–Crippen LogP) is 6.62. The zero-order chi connectivity index (χ0) is 27.7. The lowest BCUT2D eigenvalue weighted by molar-refractivity contribution is -0.137. The fourth-order valence-electron chi connectivity index (χ4n) is 3.83. The molecule has 6 nitrogen and oxygen atoms in total. The molecule has 0 saturated carbocycles. The Morgan fingerprint density at radius 2 is 1.64 bits per heavy atom. The minimum atomic E-state index is -4.42. The number of hydrogen-bond acceptors (Lipinski definition) is 6. The fraction of sp³-hybridized carbons (Fsp3) is 0.241. The molecule has 1 aromatic heterocycles. The van der Waals surface area contributed by atoms with E-state index in [9.17, 15) is 18.0 Å². The Labute approximate surface area is 229 Å². The quantitative estimate of drug-likeness (QED) is 0.199. The van der Waals surface area contributed by atoms with Crippen LogP contribution in [0.5, 0.6) is 5.75 Å². The maximum Gasteiger partial charge on any atom is 0.416 e. The average molecular weight is 556 g/mol. The molecule has 0 radical (unpaired) electrons. The highest BCUT2D eigenvalue weighted by Crippen LogP contribution is 2.30. The molecule has 0 unspecified atom stereocenters. The number of ether oxygens (including phenoxy) is 1. The third-order valence-electron chi connectivity index (χ3n) is 5.69. The number of amides is 1. The molecule has 1 N–H and O–H groups in total. The fourth-order valence-corrected chi connectivity index (χ4v) is 4.65. The van der Waals surface area contributed by atoms with E-state index in [4.69, 9.17) is 9.57 Å². The number of rotatable bonds is 12. The first kappa shape index (κ1) is 28.3. The van der Waals surface area contributed by atoms with E-state index in [-0.39, 0.29) is 12.2 Å². The van der Waals surface area contributed by atoms with Gasteiger partial charge in [0.05, 0.1) is 18.7 Å². The lowest BCUT2D eigenvalue weighted by Crippen LogP contribution is -2.25. The van der Waals surface area contributed by atoms with Crippen molar-refractivity contribution in [3.8, 4) is 5.75 Å². The second-order valence-corrected chi connectivity index (χ2v) is 9.69. The maximum atomic E-state index is 13.3. The smallest absolute Gasteiger partial charge is 0.416 e. The van der Waals surface area contributed by atoms with Gasteiger partial charge in [-0.25, -0.2) is 10.5 Å². The highest BCUT2D eigenvalue weighted by molar-refractivity contribution is 7.09. The average Bonchev–Trinajstić information content (AvgIpc) is 3.40. The van der Waals surface area contributed by atoms with Gasteiger partial charge in [-0.2, -0.15) is 13.2 Å². The van der Waals surface area contributed by atoms with Crippen molar-refractivity contribution in [3.63, 3.8) is 0 Å². The van der Waals surface area contributed by atoms with Gasteiger partial charge in [0.1, 0.15) is 23.1 Å². The lowest BCUT2D eigenvalue weighted by atomic mass is 10.1. The van der Waals surface area contributed by atoms with Crippen LogP contribution < -0.4 is 10.2 Å². The molecule has 0 aliphatic rings. The first-order valence-corrected chi connectivity index (χ1v) is 13.2. The van der Waals surface area contributed by atoms with Crippen LogP contribution in [0.15, 0.2) is 84.2 Å². The summed E-state index contributed by atoms with van der Waals surface area (Å²) in [5.41, 5.74) is 4.39. The van der Waals surface area contributed by atoms with Crippen LogP contribution in [0, 0.1) is 0 Å².